The molecule has 0 saturated heterocycles. The van der Waals surface area contributed by atoms with Gasteiger partial charge in [0.1, 0.15) is 7.85 Å². The van der Waals surface area contributed by atoms with Crippen molar-refractivity contribution in [2.75, 3.05) is 0 Å². The van der Waals surface area contributed by atoms with E-state index in [4.69, 9.17) is 0 Å². The molecule has 3 aromatic carbocycles. The molecule has 134 valence electrons. The molecule has 0 aliphatic heterocycles. The minimum absolute atomic E-state index is 0.535. The van der Waals surface area contributed by atoms with Crippen LogP contribution in [0.25, 0.3) is 5.69 Å². The van der Waals surface area contributed by atoms with Crippen LogP contribution >= 0.6 is 15.9 Å². The standard InChI is InChI=1S/C14H15B.C9H7BrN2/c15-11-14(12-7-3-1-4-8-12)13-9-5-2-6-10-13;10-8-1-3-9(4-2-8)12-6-5-11-7-12/h1-10,14H,11,15H2;1-7H. The highest BCUT2D eigenvalue weighted by Crippen LogP contribution is 2.26. The molecule has 27 heavy (non-hydrogen) atoms. The van der Waals surface area contributed by atoms with Gasteiger partial charge in [-0.1, -0.05) is 82.9 Å². The van der Waals surface area contributed by atoms with Crippen molar-refractivity contribution in [3.63, 3.8) is 0 Å². The zero-order valence-electron chi connectivity index (χ0n) is 15.4. The molecule has 0 amide bonds. The third-order valence-corrected chi connectivity index (χ3v) is 4.97. The van der Waals surface area contributed by atoms with E-state index in [-0.39, 0.29) is 0 Å². The van der Waals surface area contributed by atoms with Crippen molar-refractivity contribution >= 4 is 23.8 Å². The molecule has 4 aromatic rings. The summed E-state index contributed by atoms with van der Waals surface area (Å²) in [5.41, 5.74) is 3.94. The maximum atomic E-state index is 3.97. The first-order valence-corrected chi connectivity index (χ1v) is 9.91. The lowest BCUT2D eigenvalue weighted by Crippen LogP contribution is -1.99. The second-order valence-corrected chi connectivity index (χ2v) is 7.14. The smallest absolute Gasteiger partial charge is 0.102 e. The second-order valence-electron chi connectivity index (χ2n) is 6.23. The molecule has 0 radical (unpaired) electrons. The predicted molar refractivity (Wildman–Crippen MR) is 119 cm³/mol. The Balaban J connectivity index is 0.000000159. The predicted octanol–water partition coefficient (Wildman–Crippen LogP) is 5.50. The van der Waals surface area contributed by atoms with Crippen molar-refractivity contribution in [2.45, 2.75) is 12.2 Å². The molecule has 0 unspecified atom stereocenters. The van der Waals surface area contributed by atoms with Gasteiger partial charge in [0.2, 0.25) is 0 Å². The van der Waals surface area contributed by atoms with Crippen LogP contribution in [0.15, 0.2) is 108 Å². The number of hydrogen-bond acceptors (Lipinski definition) is 1. The van der Waals surface area contributed by atoms with Gasteiger partial charge in [-0.2, -0.15) is 0 Å². The van der Waals surface area contributed by atoms with Gasteiger partial charge in [-0.15, -0.1) is 0 Å². The lowest BCUT2D eigenvalue weighted by atomic mass is 9.81. The Bertz CT molecular complexity index is 868. The van der Waals surface area contributed by atoms with Crippen LogP contribution in [0.2, 0.25) is 6.32 Å². The van der Waals surface area contributed by atoms with E-state index < -0.39 is 0 Å². The van der Waals surface area contributed by atoms with Crippen LogP contribution in [-0.4, -0.2) is 17.4 Å². The van der Waals surface area contributed by atoms with Crippen molar-refractivity contribution in [2.24, 2.45) is 0 Å². The molecule has 1 aromatic heterocycles. The second kappa shape index (κ2) is 9.93. The van der Waals surface area contributed by atoms with E-state index in [1.54, 1.807) is 12.5 Å². The van der Waals surface area contributed by atoms with Crippen LogP contribution in [-0.2, 0) is 0 Å². The largest absolute Gasteiger partial charge is 0.306 e. The summed E-state index contributed by atoms with van der Waals surface area (Å²) in [6.45, 7) is 0. The van der Waals surface area contributed by atoms with E-state index in [1.165, 1.54) is 11.1 Å². The summed E-state index contributed by atoms with van der Waals surface area (Å²) in [5.74, 6) is 0.535. The molecule has 0 bridgehead atoms. The SMILES string of the molecule is BCC(c1ccccc1)c1ccccc1.Brc1ccc(-n2ccnc2)cc1. The third-order valence-electron chi connectivity index (χ3n) is 4.44. The molecule has 0 saturated carbocycles. The summed E-state index contributed by atoms with van der Waals surface area (Å²) in [7, 11) is 2.24. The quantitative estimate of drug-likeness (QED) is 0.401. The minimum atomic E-state index is 0.535. The molecule has 0 aliphatic rings. The number of aromatic nitrogens is 2. The van der Waals surface area contributed by atoms with E-state index in [0.717, 1.165) is 16.5 Å². The van der Waals surface area contributed by atoms with Crippen LogP contribution in [0.1, 0.15) is 17.0 Å². The van der Waals surface area contributed by atoms with Gasteiger partial charge in [-0.3, -0.25) is 0 Å². The van der Waals surface area contributed by atoms with E-state index in [2.05, 4.69) is 89.4 Å². The molecule has 1 heterocycles. The van der Waals surface area contributed by atoms with Crippen LogP contribution in [0, 0.1) is 0 Å². The van der Waals surface area contributed by atoms with E-state index in [9.17, 15) is 0 Å². The van der Waals surface area contributed by atoms with Crippen molar-refractivity contribution < 1.29 is 0 Å². The van der Waals surface area contributed by atoms with E-state index >= 15 is 0 Å². The van der Waals surface area contributed by atoms with Gasteiger partial charge in [-0.05, 0) is 35.4 Å². The maximum absolute atomic E-state index is 3.97. The minimum Gasteiger partial charge on any atom is -0.306 e. The summed E-state index contributed by atoms with van der Waals surface area (Å²) in [5, 5.41) is 0. The Hall–Kier alpha value is -2.59. The average molecular weight is 417 g/mol. The fourth-order valence-corrected chi connectivity index (χ4v) is 3.32. The van der Waals surface area contributed by atoms with Crippen LogP contribution < -0.4 is 0 Å². The number of hydrogen-bond donors (Lipinski definition) is 0. The highest BCUT2D eigenvalue weighted by atomic mass is 79.9. The topological polar surface area (TPSA) is 17.8 Å². The van der Waals surface area contributed by atoms with Crippen LogP contribution in [0.5, 0.6) is 0 Å². The summed E-state index contributed by atoms with van der Waals surface area (Å²) in [6.07, 6.45) is 6.61. The summed E-state index contributed by atoms with van der Waals surface area (Å²) in [4.78, 5) is 3.97. The number of nitrogens with zero attached hydrogens (tertiary/aromatic N) is 2. The third kappa shape index (κ3) is 5.44. The van der Waals surface area contributed by atoms with E-state index in [0.29, 0.717) is 5.92 Å². The molecule has 0 atom stereocenters. The monoisotopic (exact) mass is 416 g/mol. The molecule has 4 rings (SSSR count). The summed E-state index contributed by atoms with van der Waals surface area (Å²) < 4.78 is 3.05. The molecule has 4 heteroatoms. The van der Waals surface area contributed by atoms with E-state index in [1.807, 2.05) is 35.0 Å². The molecule has 0 aliphatic carbocycles. The Morgan fingerprint density at radius 1 is 0.815 bits per heavy atom. The number of imidazole rings is 1. The first kappa shape index (κ1) is 19.2. The highest BCUT2D eigenvalue weighted by Gasteiger charge is 2.10. The number of rotatable bonds is 4. The van der Waals surface area contributed by atoms with Gasteiger partial charge in [0.25, 0.3) is 0 Å². The zero-order valence-corrected chi connectivity index (χ0v) is 17.0. The van der Waals surface area contributed by atoms with Gasteiger partial charge in [0.05, 0.1) is 6.33 Å². The zero-order chi connectivity index (χ0) is 18.9. The van der Waals surface area contributed by atoms with Crippen molar-refractivity contribution in [3.8, 4) is 5.69 Å². The Kier molecular flexibility index (Phi) is 7.06. The Morgan fingerprint density at radius 3 is 1.81 bits per heavy atom. The number of halogens is 1. The molecular weight excluding hydrogens is 395 g/mol. The molecule has 0 N–H and O–H groups in total. The van der Waals surface area contributed by atoms with Gasteiger partial charge in [0, 0.05) is 28.5 Å². The Morgan fingerprint density at radius 2 is 1.37 bits per heavy atom. The first-order chi connectivity index (χ1) is 13.3. The lowest BCUT2D eigenvalue weighted by molar-refractivity contribution is 0.919. The normalized spacial score (nSPS) is 10.3. The summed E-state index contributed by atoms with van der Waals surface area (Å²) in [6, 6.07) is 29.5. The maximum Gasteiger partial charge on any atom is 0.102 e. The average Bonchev–Trinajstić information content (AvgIpc) is 3.26. The van der Waals surface area contributed by atoms with Gasteiger partial charge < -0.3 is 4.57 Å². The van der Waals surface area contributed by atoms with Crippen LogP contribution in [0.4, 0.5) is 0 Å². The van der Waals surface area contributed by atoms with Gasteiger partial charge in [0.15, 0.2) is 0 Å². The lowest BCUT2D eigenvalue weighted by Gasteiger charge is -2.15. The van der Waals surface area contributed by atoms with Gasteiger partial charge in [-0.25, -0.2) is 4.98 Å². The fraction of sp³-hybridized carbons (Fsp3) is 0.0870. The first-order valence-electron chi connectivity index (χ1n) is 9.11. The molecular formula is C23H22BBrN2. The molecule has 2 nitrogen and oxygen atoms in total. The Labute approximate surface area is 170 Å². The molecule has 0 spiro atoms. The summed E-state index contributed by atoms with van der Waals surface area (Å²) >= 11 is 3.38. The van der Waals surface area contributed by atoms with Gasteiger partial charge >= 0.3 is 0 Å². The fourth-order valence-electron chi connectivity index (χ4n) is 3.06. The van der Waals surface area contributed by atoms with Crippen molar-refractivity contribution in [1.29, 1.82) is 0 Å². The van der Waals surface area contributed by atoms with Crippen LogP contribution in [0.3, 0.4) is 0 Å². The molecule has 0 fully saturated rings. The number of benzene rings is 3. The van der Waals surface area contributed by atoms with Crippen molar-refractivity contribution in [1.82, 2.24) is 9.55 Å². The van der Waals surface area contributed by atoms with Crippen molar-refractivity contribution in [3.05, 3.63) is 119 Å². The highest BCUT2D eigenvalue weighted by molar-refractivity contribution is 9.10.